The number of benzene rings is 2. The lowest BCUT2D eigenvalue weighted by Crippen LogP contribution is -2.29. The minimum atomic E-state index is -0.978. The van der Waals surface area contributed by atoms with Gasteiger partial charge in [-0.25, -0.2) is 0 Å². The molecule has 2 aromatic carbocycles. The van der Waals surface area contributed by atoms with Gasteiger partial charge in [-0.05, 0) is 65.4 Å². The van der Waals surface area contributed by atoms with E-state index in [-0.39, 0.29) is 28.2 Å². The van der Waals surface area contributed by atoms with Crippen molar-refractivity contribution in [1.29, 1.82) is 0 Å². The smallest absolute Gasteiger partial charge is 0.300 e. The molecule has 0 aliphatic carbocycles. The molecule has 180 valence electrons. The fourth-order valence-electron chi connectivity index (χ4n) is 4.27. The standard InChI is InChI=1S/C28H28N2O5/c1-16-6-8-21(31)20(14-16)30-24(17-10-12-29-13-11-17)23(26(33)27(30)34)25(32)19-15-18(28(2,3)4)7-9-22(19)35-5/h6-15,24,31-32H,1-5H3/b25-23+. The van der Waals surface area contributed by atoms with Crippen LogP contribution in [-0.4, -0.2) is 34.0 Å². The fraction of sp³-hybridized carbons (Fsp3) is 0.250. The van der Waals surface area contributed by atoms with Crippen molar-refractivity contribution < 1.29 is 24.5 Å². The topological polar surface area (TPSA) is 100.0 Å². The number of aromatic hydroxyl groups is 1. The van der Waals surface area contributed by atoms with Crippen LogP contribution in [0.3, 0.4) is 0 Å². The third kappa shape index (κ3) is 4.25. The number of aliphatic hydroxyl groups excluding tert-OH is 1. The van der Waals surface area contributed by atoms with E-state index in [0.717, 1.165) is 11.1 Å². The minimum Gasteiger partial charge on any atom is -0.507 e. The number of phenols is 1. The monoisotopic (exact) mass is 472 g/mol. The third-order valence-electron chi connectivity index (χ3n) is 6.18. The van der Waals surface area contributed by atoms with Gasteiger partial charge in [0.05, 0.1) is 30.0 Å². The summed E-state index contributed by atoms with van der Waals surface area (Å²) in [5.41, 5.74) is 2.46. The Morgan fingerprint density at radius 3 is 2.34 bits per heavy atom. The quantitative estimate of drug-likeness (QED) is 0.314. The summed E-state index contributed by atoms with van der Waals surface area (Å²) in [6.07, 6.45) is 3.10. The van der Waals surface area contributed by atoms with Crippen LogP contribution in [0, 0.1) is 6.92 Å². The molecule has 7 heteroatoms. The molecule has 4 rings (SSSR count). The van der Waals surface area contributed by atoms with Crippen molar-refractivity contribution in [3.8, 4) is 11.5 Å². The highest BCUT2D eigenvalue weighted by molar-refractivity contribution is 6.52. The van der Waals surface area contributed by atoms with Crippen molar-refractivity contribution in [3.05, 3.63) is 88.8 Å². The average molecular weight is 473 g/mol. The molecule has 0 saturated carbocycles. The Labute approximate surface area is 204 Å². The Kier molecular flexibility index (Phi) is 6.11. The predicted molar refractivity (Wildman–Crippen MR) is 134 cm³/mol. The molecule has 1 aliphatic rings. The van der Waals surface area contributed by atoms with E-state index < -0.39 is 17.7 Å². The molecule has 2 N–H and O–H groups in total. The maximum atomic E-state index is 13.4. The number of amides is 1. The minimum absolute atomic E-state index is 0.0912. The van der Waals surface area contributed by atoms with Crippen molar-refractivity contribution in [2.45, 2.75) is 39.2 Å². The number of ketones is 1. The van der Waals surface area contributed by atoms with E-state index in [9.17, 15) is 19.8 Å². The van der Waals surface area contributed by atoms with Crippen LogP contribution in [-0.2, 0) is 15.0 Å². The number of aryl methyl sites for hydroxylation is 1. The Morgan fingerprint density at radius 2 is 1.71 bits per heavy atom. The van der Waals surface area contributed by atoms with Gasteiger partial charge in [0, 0.05) is 12.4 Å². The number of aromatic nitrogens is 1. The van der Waals surface area contributed by atoms with Crippen LogP contribution in [0.2, 0.25) is 0 Å². The van der Waals surface area contributed by atoms with Crippen molar-refractivity contribution in [2.75, 3.05) is 12.0 Å². The van der Waals surface area contributed by atoms with Gasteiger partial charge in [0.1, 0.15) is 17.3 Å². The zero-order valence-corrected chi connectivity index (χ0v) is 20.4. The van der Waals surface area contributed by atoms with Gasteiger partial charge in [-0.2, -0.15) is 0 Å². The first-order chi connectivity index (χ1) is 16.5. The molecule has 1 aromatic heterocycles. The molecule has 0 spiro atoms. The average Bonchev–Trinajstić information content (AvgIpc) is 3.10. The number of aliphatic hydroxyl groups is 1. The van der Waals surface area contributed by atoms with Crippen molar-refractivity contribution in [3.63, 3.8) is 0 Å². The van der Waals surface area contributed by atoms with Crippen molar-refractivity contribution >= 4 is 23.1 Å². The number of carbonyl (C=O) groups excluding carboxylic acids is 2. The molecule has 1 fully saturated rings. The van der Waals surface area contributed by atoms with E-state index in [1.807, 2.05) is 33.8 Å². The highest BCUT2D eigenvalue weighted by Crippen LogP contribution is 2.46. The van der Waals surface area contributed by atoms with Crippen LogP contribution in [0.5, 0.6) is 11.5 Å². The fourth-order valence-corrected chi connectivity index (χ4v) is 4.27. The van der Waals surface area contributed by atoms with Gasteiger partial charge in [0.25, 0.3) is 11.7 Å². The molecule has 0 radical (unpaired) electrons. The molecular formula is C28H28N2O5. The van der Waals surface area contributed by atoms with Gasteiger partial charge in [-0.1, -0.05) is 32.9 Å². The second-order valence-electron chi connectivity index (χ2n) is 9.61. The number of nitrogens with zero attached hydrogens (tertiary/aromatic N) is 2. The highest BCUT2D eigenvalue weighted by atomic mass is 16.5. The number of hydrogen-bond donors (Lipinski definition) is 2. The number of anilines is 1. The van der Waals surface area contributed by atoms with E-state index in [1.165, 1.54) is 18.1 Å². The number of hydrogen-bond acceptors (Lipinski definition) is 6. The van der Waals surface area contributed by atoms with Crippen molar-refractivity contribution in [1.82, 2.24) is 4.98 Å². The molecular weight excluding hydrogens is 444 g/mol. The second-order valence-corrected chi connectivity index (χ2v) is 9.61. The highest BCUT2D eigenvalue weighted by Gasteiger charge is 2.48. The van der Waals surface area contributed by atoms with E-state index in [4.69, 9.17) is 4.74 Å². The molecule has 1 aliphatic heterocycles. The summed E-state index contributed by atoms with van der Waals surface area (Å²) in [5.74, 6) is -1.83. The van der Waals surface area contributed by atoms with E-state index >= 15 is 0 Å². The number of ether oxygens (including phenoxy) is 1. The van der Waals surface area contributed by atoms with E-state index in [1.54, 1.807) is 48.8 Å². The molecule has 1 unspecified atom stereocenters. The van der Waals surface area contributed by atoms with Crippen LogP contribution in [0.25, 0.3) is 5.76 Å². The molecule has 0 bridgehead atoms. The Bertz CT molecular complexity index is 1340. The molecule has 2 heterocycles. The SMILES string of the molecule is COc1ccc(C(C)(C)C)cc1/C(O)=C1\C(=O)C(=O)N(c2cc(C)ccc2O)C1c1ccncc1. The van der Waals surface area contributed by atoms with Crippen molar-refractivity contribution in [2.24, 2.45) is 0 Å². The van der Waals surface area contributed by atoms with Crippen LogP contribution >= 0.6 is 0 Å². The van der Waals surface area contributed by atoms with Gasteiger partial charge >= 0.3 is 0 Å². The summed E-state index contributed by atoms with van der Waals surface area (Å²) >= 11 is 0. The summed E-state index contributed by atoms with van der Waals surface area (Å²) in [5, 5.41) is 22.2. The molecule has 35 heavy (non-hydrogen) atoms. The van der Waals surface area contributed by atoms with E-state index in [0.29, 0.717) is 16.9 Å². The normalized spacial score (nSPS) is 17.6. The Hall–Kier alpha value is -4.13. The van der Waals surface area contributed by atoms with Gasteiger partial charge in [0.15, 0.2) is 0 Å². The molecule has 1 saturated heterocycles. The van der Waals surface area contributed by atoms with Crippen LogP contribution in [0.4, 0.5) is 5.69 Å². The molecule has 1 amide bonds. The number of rotatable bonds is 4. The summed E-state index contributed by atoms with van der Waals surface area (Å²) in [4.78, 5) is 32.0. The second kappa shape index (κ2) is 8.91. The molecule has 3 aromatic rings. The van der Waals surface area contributed by atoms with Gasteiger partial charge in [-0.15, -0.1) is 0 Å². The number of phenolic OH excluding ortho intramolecular Hbond substituents is 1. The summed E-state index contributed by atoms with van der Waals surface area (Å²) < 4.78 is 5.49. The number of methoxy groups -OCH3 is 1. The zero-order chi connectivity index (χ0) is 25.5. The van der Waals surface area contributed by atoms with Gasteiger partial charge < -0.3 is 14.9 Å². The maximum Gasteiger partial charge on any atom is 0.300 e. The molecule has 7 nitrogen and oxygen atoms in total. The lowest BCUT2D eigenvalue weighted by atomic mass is 9.85. The lowest BCUT2D eigenvalue weighted by molar-refractivity contribution is -0.132. The maximum absolute atomic E-state index is 13.4. The summed E-state index contributed by atoms with van der Waals surface area (Å²) in [6.45, 7) is 7.93. The Morgan fingerprint density at radius 1 is 1.03 bits per heavy atom. The third-order valence-corrected chi connectivity index (χ3v) is 6.18. The van der Waals surface area contributed by atoms with Crippen LogP contribution in [0.1, 0.15) is 49.1 Å². The lowest BCUT2D eigenvalue weighted by Gasteiger charge is -2.26. The first-order valence-electron chi connectivity index (χ1n) is 11.2. The predicted octanol–water partition coefficient (Wildman–Crippen LogP) is 5.03. The number of carbonyl (C=O) groups is 2. The molecule has 1 atom stereocenters. The largest absolute Gasteiger partial charge is 0.507 e. The zero-order valence-electron chi connectivity index (χ0n) is 20.4. The summed E-state index contributed by atoms with van der Waals surface area (Å²) in [7, 11) is 1.48. The van der Waals surface area contributed by atoms with Crippen LogP contribution in [0.15, 0.2) is 66.5 Å². The first-order valence-corrected chi connectivity index (χ1v) is 11.2. The number of Topliss-reactive ketones (excluding diaryl/α,β-unsaturated/α-hetero) is 1. The number of pyridine rings is 1. The first kappa shape index (κ1) is 24.0. The van der Waals surface area contributed by atoms with E-state index in [2.05, 4.69) is 4.98 Å². The summed E-state index contributed by atoms with van der Waals surface area (Å²) in [6, 6.07) is 12.6. The van der Waals surface area contributed by atoms with Crippen LogP contribution < -0.4 is 9.64 Å². The van der Waals surface area contributed by atoms with Gasteiger partial charge in [-0.3, -0.25) is 19.5 Å². The van der Waals surface area contributed by atoms with Gasteiger partial charge in [0.2, 0.25) is 0 Å². The Balaban J connectivity index is 2.02.